The lowest BCUT2D eigenvalue weighted by Crippen LogP contribution is -2.49. The predicted molar refractivity (Wildman–Crippen MR) is 62.5 cm³/mol. The van der Waals surface area contributed by atoms with Crippen LogP contribution in [0.1, 0.15) is 47.0 Å². The largest absolute Gasteiger partial charge is 0.354 e. The smallest absolute Gasteiger partial charge is 0.0911 e. The Morgan fingerprint density at radius 3 is 2.64 bits per heavy atom. The van der Waals surface area contributed by atoms with Gasteiger partial charge in [-0.15, -0.1) is 0 Å². The van der Waals surface area contributed by atoms with Crippen molar-refractivity contribution in [2.24, 2.45) is 4.99 Å². The maximum absolute atomic E-state index is 4.29. The van der Waals surface area contributed by atoms with Gasteiger partial charge < -0.3 is 4.90 Å². The van der Waals surface area contributed by atoms with E-state index in [4.69, 9.17) is 0 Å². The number of aliphatic imine (C=N–C) groups is 1. The Labute approximate surface area is 87.7 Å². The summed E-state index contributed by atoms with van der Waals surface area (Å²) in [6.07, 6.45) is 9.48. The summed E-state index contributed by atoms with van der Waals surface area (Å²) >= 11 is 0. The molecule has 2 heteroatoms. The van der Waals surface area contributed by atoms with E-state index in [1.165, 1.54) is 12.8 Å². The zero-order valence-corrected chi connectivity index (χ0v) is 9.83. The van der Waals surface area contributed by atoms with E-state index in [0.29, 0.717) is 6.04 Å². The zero-order valence-electron chi connectivity index (χ0n) is 9.83. The van der Waals surface area contributed by atoms with Crippen molar-refractivity contribution in [3.8, 4) is 0 Å². The first-order valence-corrected chi connectivity index (χ1v) is 5.60. The number of hydrogen-bond acceptors (Lipinski definition) is 2. The van der Waals surface area contributed by atoms with Crippen LogP contribution >= 0.6 is 0 Å². The number of nitrogens with zero attached hydrogens (tertiary/aromatic N) is 2. The molecule has 80 valence electrons. The quantitative estimate of drug-likeness (QED) is 0.673. The Kier molecular flexibility index (Phi) is 3.73. The van der Waals surface area contributed by atoms with Crippen LogP contribution in [0.2, 0.25) is 0 Å². The highest BCUT2D eigenvalue weighted by atomic mass is 15.2. The van der Waals surface area contributed by atoms with E-state index in [9.17, 15) is 0 Å². The maximum atomic E-state index is 4.29. The van der Waals surface area contributed by atoms with Crippen LogP contribution in [-0.2, 0) is 0 Å². The lowest BCUT2D eigenvalue weighted by molar-refractivity contribution is 0.145. The van der Waals surface area contributed by atoms with Crippen molar-refractivity contribution in [3.63, 3.8) is 0 Å². The van der Waals surface area contributed by atoms with Gasteiger partial charge in [0.2, 0.25) is 0 Å². The van der Waals surface area contributed by atoms with Crippen molar-refractivity contribution in [1.82, 2.24) is 4.90 Å². The highest BCUT2D eigenvalue weighted by molar-refractivity contribution is 5.58. The van der Waals surface area contributed by atoms with Gasteiger partial charge >= 0.3 is 0 Å². The summed E-state index contributed by atoms with van der Waals surface area (Å²) in [6.45, 7) is 9.09. The lowest BCUT2D eigenvalue weighted by atomic mass is 9.91. The number of rotatable bonds is 3. The molecule has 2 nitrogen and oxygen atoms in total. The second-order valence-electron chi connectivity index (χ2n) is 4.35. The van der Waals surface area contributed by atoms with Crippen molar-refractivity contribution >= 4 is 6.34 Å². The molecule has 14 heavy (non-hydrogen) atoms. The Morgan fingerprint density at radius 2 is 2.07 bits per heavy atom. The third-order valence-electron chi connectivity index (χ3n) is 3.48. The molecule has 0 spiro atoms. The van der Waals surface area contributed by atoms with Gasteiger partial charge in [0.1, 0.15) is 0 Å². The van der Waals surface area contributed by atoms with Crippen LogP contribution in [0.15, 0.2) is 17.3 Å². The molecule has 0 fully saturated rings. The van der Waals surface area contributed by atoms with Gasteiger partial charge in [0.25, 0.3) is 0 Å². The molecule has 0 aliphatic carbocycles. The summed E-state index contributed by atoms with van der Waals surface area (Å²) in [6, 6.07) is 0.558. The molecule has 0 saturated heterocycles. The fourth-order valence-electron chi connectivity index (χ4n) is 1.94. The summed E-state index contributed by atoms with van der Waals surface area (Å²) < 4.78 is 0. The minimum atomic E-state index is 0.259. The monoisotopic (exact) mass is 194 g/mol. The van der Waals surface area contributed by atoms with Crippen LogP contribution < -0.4 is 0 Å². The maximum Gasteiger partial charge on any atom is 0.0911 e. The molecule has 0 N–H and O–H groups in total. The molecule has 0 bridgehead atoms. The summed E-state index contributed by atoms with van der Waals surface area (Å²) in [4.78, 5) is 6.69. The van der Waals surface area contributed by atoms with Gasteiger partial charge in [0.15, 0.2) is 0 Å². The third kappa shape index (κ3) is 2.17. The zero-order chi connectivity index (χ0) is 10.6. The molecule has 1 rings (SSSR count). The van der Waals surface area contributed by atoms with E-state index in [1.54, 1.807) is 0 Å². The van der Waals surface area contributed by atoms with Gasteiger partial charge in [-0.2, -0.15) is 0 Å². The van der Waals surface area contributed by atoms with Crippen LogP contribution in [0.5, 0.6) is 0 Å². The van der Waals surface area contributed by atoms with E-state index in [0.717, 1.165) is 6.42 Å². The van der Waals surface area contributed by atoms with Crippen LogP contribution in [-0.4, -0.2) is 22.8 Å². The molecule has 0 aromatic rings. The Hall–Kier alpha value is -0.790. The predicted octanol–water partition coefficient (Wildman–Crippen LogP) is 3.20. The van der Waals surface area contributed by atoms with Crippen LogP contribution in [0.4, 0.5) is 0 Å². The molecular formula is C12H22N2. The van der Waals surface area contributed by atoms with Crippen molar-refractivity contribution in [3.05, 3.63) is 12.3 Å². The summed E-state index contributed by atoms with van der Waals surface area (Å²) in [5.74, 6) is 0. The van der Waals surface area contributed by atoms with Crippen molar-refractivity contribution in [2.45, 2.75) is 58.5 Å². The standard InChI is InChI=1S/C12H22N2/c1-5-12(4,6-2)14-10-13-9-7-8-11(14)3/h7,9-11H,5-6,8H2,1-4H3. The van der Waals surface area contributed by atoms with Gasteiger partial charge in [0.05, 0.1) is 6.34 Å². The molecule has 0 saturated carbocycles. The van der Waals surface area contributed by atoms with Gasteiger partial charge in [-0.3, -0.25) is 0 Å². The van der Waals surface area contributed by atoms with E-state index in [2.05, 4.69) is 43.7 Å². The first kappa shape index (κ1) is 11.3. The molecule has 1 heterocycles. The Morgan fingerprint density at radius 1 is 1.43 bits per heavy atom. The second kappa shape index (κ2) is 4.63. The first-order chi connectivity index (χ1) is 6.64. The molecule has 1 aliphatic rings. The summed E-state index contributed by atoms with van der Waals surface area (Å²) in [5, 5.41) is 0. The van der Waals surface area contributed by atoms with E-state index >= 15 is 0 Å². The van der Waals surface area contributed by atoms with Gasteiger partial charge in [-0.05, 0) is 33.1 Å². The minimum absolute atomic E-state index is 0.259. The van der Waals surface area contributed by atoms with E-state index in [-0.39, 0.29) is 5.54 Å². The molecule has 0 aromatic heterocycles. The average Bonchev–Trinajstić information content (AvgIpc) is 2.42. The van der Waals surface area contributed by atoms with Crippen molar-refractivity contribution in [2.75, 3.05) is 0 Å². The van der Waals surface area contributed by atoms with Crippen LogP contribution in [0, 0.1) is 0 Å². The minimum Gasteiger partial charge on any atom is -0.354 e. The third-order valence-corrected chi connectivity index (χ3v) is 3.48. The highest BCUT2D eigenvalue weighted by Crippen LogP contribution is 2.26. The Balaban J connectivity index is 2.83. The molecule has 1 atom stereocenters. The second-order valence-corrected chi connectivity index (χ2v) is 4.35. The molecular weight excluding hydrogens is 172 g/mol. The van der Waals surface area contributed by atoms with Gasteiger partial charge in [0, 0.05) is 17.8 Å². The molecule has 0 radical (unpaired) electrons. The topological polar surface area (TPSA) is 15.6 Å². The van der Waals surface area contributed by atoms with Crippen LogP contribution in [0.25, 0.3) is 0 Å². The van der Waals surface area contributed by atoms with Crippen LogP contribution in [0.3, 0.4) is 0 Å². The molecule has 1 unspecified atom stereocenters. The first-order valence-electron chi connectivity index (χ1n) is 5.60. The fraction of sp³-hybridized carbons (Fsp3) is 0.750. The summed E-state index contributed by atoms with van der Waals surface area (Å²) in [7, 11) is 0. The SMILES string of the molecule is CCC(C)(CC)N1C=NC=CCC1C. The van der Waals surface area contributed by atoms with Gasteiger partial charge in [-0.25, -0.2) is 4.99 Å². The Bertz CT molecular complexity index is 226. The highest BCUT2D eigenvalue weighted by Gasteiger charge is 2.29. The average molecular weight is 194 g/mol. The van der Waals surface area contributed by atoms with Crippen molar-refractivity contribution in [1.29, 1.82) is 0 Å². The van der Waals surface area contributed by atoms with E-state index < -0.39 is 0 Å². The van der Waals surface area contributed by atoms with Crippen molar-refractivity contribution < 1.29 is 0 Å². The fourth-order valence-corrected chi connectivity index (χ4v) is 1.94. The molecule has 0 amide bonds. The normalized spacial score (nSPS) is 22.6. The molecule has 0 aromatic carbocycles. The summed E-state index contributed by atoms with van der Waals surface area (Å²) in [5.41, 5.74) is 0.259. The lowest BCUT2D eigenvalue weighted by Gasteiger charge is -2.42. The number of hydrogen-bond donors (Lipinski definition) is 0. The molecule has 1 aliphatic heterocycles. The van der Waals surface area contributed by atoms with E-state index in [1.807, 2.05) is 12.5 Å². The van der Waals surface area contributed by atoms with Gasteiger partial charge in [-0.1, -0.05) is 19.9 Å².